The molecular weight excluding hydrogens is 162 g/mol. The van der Waals surface area contributed by atoms with Crippen LogP contribution in [-0.2, 0) is 0 Å². The summed E-state index contributed by atoms with van der Waals surface area (Å²) in [5.41, 5.74) is 0. The van der Waals surface area contributed by atoms with Crippen LogP contribution in [0.15, 0.2) is 0 Å². The minimum absolute atomic E-state index is 0.0844. The molecule has 2 nitrogen and oxygen atoms in total. The molecule has 0 bridgehead atoms. The molecule has 2 atom stereocenters. The first-order valence-electron chi connectivity index (χ1n) is 5.09. The Labute approximate surface area is 80.9 Å². The van der Waals surface area contributed by atoms with Gasteiger partial charge in [0, 0.05) is 19.0 Å². The number of aliphatic hydroxyl groups is 1. The van der Waals surface area contributed by atoms with E-state index in [0.29, 0.717) is 6.04 Å². The monoisotopic (exact) mass is 181 g/mol. The van der Waals surface area contributed by atoms with Crippen molar-refractivity contribution in [2.45, 2.75) is 44.8 Å². The first-order valence-corrected chi connectivity index (χ1v) is 5.09. The second kappa shape index (κ2) is 5.26. The standard InChI is InChI=1S/C11H19NO/c1-3-4-5-7-12-8-6-11(13)9-10(12)2/h1,10-11,13H,4-9H2,2H3/t10-,11-/m0/s1. The zero-order chi connectivity index (χ0) is 9.68. The van der Waals surface area contributed by atoms with Crippen LogP contribution in [0.1, 0.15) is 32.6 Å². The molecule has 0 radical (unpaired) electrons. The van der Waals surface area contributed by atoms with Crippen LogP contribution < -0.4 is 0 Å². The predicted molar refractivity (Wildman–Crippen MR) is 54.3 cm³/mol. The molecule has 0 aromatic carbocycles. The molecule has 74 valence electrons. The van der Waals surface area contributed by atoms with Gasteiger partial charge in [-0.15, -0.1) is 12.3 Å². The number of nitrogens with zero attached hydrogens (tertiary/aromatic N) is 1. The Balaban J connectivity index is 2.22. The lowest BCUT2D eigenvalue weighted by Crippen LogP contribution is -2.42. The average molecular weight is 181 g/mol. The van der Waals surface area contributed by atoms with Crippen molar-refractivity contribution in [1.82, 2.24) is 4.90 Å². The van der Waals surface area contributed by atoms with Gasteiger partial charge >= 0.3 is 0 Å². The molecule has 0 saturated carbocycles. The number of piperidine rings is 1. The van der Waals surface area contributed by atoms with Gasteiger partial charge in [-0.2, -0.15) is 0 Å². The Hall–Kier alpha value is -0.520. The Bertz CT molecular complexity index is 185. The van der Waals surface area contributed by atoms with Crippen molar-refractivity contribution in [3.63, 3.8) is 0 Å². The molecule has 1 rings (SSSR count). The van der Waals surface area contributed by atoms with Gasteiger partial charge in [0.1, 0.15) is 0 Å². The number of terminal acetylenes is 1. The van der Waals surface area contributed by atoms with E-state index in [1.165, 1.54) is 0 Å². The Morgan fingerprint density at radius 1 is 1.62 bits per heavy atom. The number of unbranched alkanes of at least 4 members (excludes halogenated alkanes) is 1. The molecule has 0 unspecified atom stereocenters. The summed E-state index contributed by atoms with van der Waals surface area (Å²) in [7, 11) is 0. The molecule has 2 heteroatoms. The number of hydrogen-bond acceptors (Lipinski definition) is 2. The zero-order valence-electron chi connectivity index (χ0n) is 8.37. The third kappa shape index (κ3) is 3.38. The van der Waals surface area contributed by atoms with Crippen LogP contribution in [0.3, 0.4) is 0 Å². The first-order chi connectivity index (χ1) is 6.24. The third-order valence-electron chi connectivity index (χ3n) is 2.75. The molecule has 1 saturated heterocycles. The molecule has 1 aliphatic heterocycles. The van der Waals surface area contributed by atoms with Gasteiger partial charge in [-0.25, -0.2) is 0 Å². The summed E-state index contributed by atoms with van der Waals surface area (Å²) in [6, 6.07) is 0.515. The van der Waals surface area contributed by atoms with Gasteiger partial charge in [-0.1, -0.05) is 0 Å². The summed E-state index contributed by atoms with van der Waals surface area (Å²) in [6.45, 7) is 4.28. The fourth-order valence-electron chi connectivity index (χ4n) is 1.91. The number of aliphatic hydroxyl groups excluding tert-OH is 1. The van der Waals surface area contributed by atoms with Crippen molar-refractivity contribution in [2.75, 3.05) is 13.1 Å². The summed E-state index contributed by atoms with van der Waals surface area (Å²) in [5, 5.41) is 9.41. The number of rotatable bonds is 3. The highest BCUT2D eigenvalue weighted by Crippen LogP contribution is 2.17. The van der Waals surface area contributed by atoms with Gasteiger partial charge in [0.2, 0.25) is 0 Å². The van der Waals surface area contributed by atoms with Gasteiger partial charge in [0.15, 0.2) is 0 Å². The molecule has 0 aromatic heterocycles. The van der Waals surface area contributed by atoms with Crippen molar-refractivity contribution < 1.29 is 5.11 Å². The van der Waals surface area contributed by atoms with E-state index in [2.05, 4.69) is 17.7 Å². The second-order valence-corrected chi connectivity index (χ2v) is 3.87. The van der Waals surface area contributed by atoms with Gasteiger partial charge in [0.25, 0.3) is 0 Å². The molecule has 0 aliphatic carbocycles. The van der Waals surface area contributed by atoms with E-state index in [-0.39, 0.29) is 6.10 Å². The highest BCUT2D eigenvalue weighted by molar-refractivity contribution is 4.85. The van der Waals surface area contributed by atoms with Crippen LogP contribution >= 0.6 is 0 Å². The maximum Gasteiger partial charge on any atom is 0.0567 e. The van der Waals surface area contributed by atoms with Gasteiger partial charge < -0.3 is 10.0 Å². The van der Waals surface area contributed by atoms with Crippen molar-refractivity contribution in [1.29, 1.82) is 0 Å². The van der Waals surface area contributed by atoms with Crippen LogP contribution in [0.25, 0.3) is 0 Å². The second-order valence-electron chi connectivity index (χ2n) is 3.87. The van der Waals surface area contributed by atoms with Crippen LogP contribution in [0.4, 0.5) is 0 Å². The van der Waals surface area contributed by atoms with Crippen molar-refractivity contribution in [3.05, 3.63) is 0 Å². The highest BCUT2D eigenvalue weighted by atomic mass is 16.3. The summed E-state index contributed by atoms with van der Waals surface area (Å²) in [5.74, 6) is 2.65. The van der Waals surface area contributed by atoms with Crippen LogP contribution in [0.2, 0.25) is 0 Å². The van der Waals surface area contributed by atoms with Crippen LogP contribution in [-0.4, -0.2) is 35.2 Å². The molecule has 13 heavy (non-hydrogen) atoms. The van der Waals surface area contributed by atoms with Crippen molar-refractivity contribution >= 4 is 0 Å². The number of likely N-dealkylation sites (tertiary alicyclic amines) is 1. The normalized spacial score (nSPS) is 29.9. The Morgan fingerprint density at radius 3 is 3.00 bits per heavy atom. The Kier molecular flexibility index (Phi) is 4.27. The van der Waals surface area contributed by atoms with E-state index in [0.717, 1.165) is 38.8 Å². The fraction of sp³-hybridized carbons (Fsp3) is 0.818. The first kappa shape index (κ1) is 10.6. The quantitative estimate of drug-likeness (QED) is 0.523. The molecular formula is C11H19NO. The van der Waals surface area contributed by atoms with Gasteiger partial charge in [0.05, 0.1) is 6.10 Å². The molecule has 0 amide bonds. The number of hydrogen-bond donors (Lipinski definition) is 1. The summed E-state index contributed by atoms with van der Waals surface area (Å²) in [4.78, 5) is 2.42. The lowest BCUT2D eigenvalue weighted by molar-refractivity contribution is 0.0480. The van der Waals surface area contributed by atoms with E-state index in [4.69, 9.17) is 6.42 Å². The molecule has 0 spiro atoms. The SMILES string of the molecule is C#CCCCN1CC[C@H](O)C[C@@H]1C. The fourth-order valence-corrected chi connectivity index (χ4v) is 1.91. The van der Waals surface area contributed by atoms with E-state index >= 15 is 0 Å². The smallest absolute Gasteiger partial charge is 0.0567 e. The summed E-state index contributed by atoms with van der Waals surface area (Å²) in [6.07, 6.45) is 8.88. The molecule has 1 aliphatic rings. The molecule has 1 N–H and O–H groups in total. The molecule has 0 aromatic rings. The maximum absolute atomic E-state index is 9.41. The lowest BCUT2D eigenvalue weighted by atomic mass is 10.0. The zero-order valence-corrected chi connectivity index (χ0v) is 8.37. The average Bonchev–Trinajstić information content (AvgIpc) is 2.09. The largest absolute Gasteiger partial charge is 0.393 e. The third-order valence-corrected chi connectivity index (χ3v) is 2.75. The lowest BCUT2D eigenvalue weighted by Gasteiger charge is -2.35. The van der Waals surface area contributed by atoms with Gasteiger partial charge in [-0.05, 0) is 32.7 Å². The van der Waals surface area contributed by atoms with E-state index < -0.39 is 0 Å². The molecule has 1 fully saturated rings. The van der Waals surface area contributed by atoms with Gasteiger partial charge in [-0.3, -0.25) is 0 Å². The van der Waals surface area contributed by atoms with E-state index in [1.54, 1.807) is 0 Å². The predicted octanol–water partition coefficient (Wildman–Crippen LogP) is 1.25. The molecule has 1 heterocycles. The summed E-state index contributed by atoms with van der Waals surface area (Å²) >= 11 is 0. The highest BCUT2D eigenvalue weighted by Gasteiger charge is 2.22. The Morgan fingerprint density at radius 2 is 2.38 bits per heavy atom. The minimum atomic E-state index is -0.0844. The van der Waals surface area contributed by atoms with Crippen molar-refractivity contribution in [3.8, 4) is 12.3 Å². The minimum Gasteiger partial charge on any atom is -0.393 e. The summed E-state index contributed by atoms with van der Waals surface area (Å²) < 4.78 is 0. The maximum atomic E-state index is 9.41. The topological polar surface area (TPSA) is 23.5 Å². The van der Waals surface area contributed by atoms with Crippen LogP contribution in [0.5, 0.6) is 0 Å². The van der Waals surface area contributed by atoms with Crippen molar-refractivity contribution in [2.24, 2.45) is 0 Å². The van der Waals surface area contributed by atoms with Crippen LogP contribution in [0, 0.1) is 12.3 Å². The van der Waals surface area contributed by atoms with E-state index in [9.17, 15) is 5.11 Å². The van der Waals surface area contributed by atoms with E-state index in [1.807, 2.05) is 0 Å².